The Kier molecular flexibility index (Phi) is 6.35. The van der Waals surface area contributed by atoms with Gasteiger partial charge in [0.1, 0.15) is 9.79 Å². The normalized spacial score (nSPS) is 13.0. The highest BCUT2D eigenvalue weighted by molar-refractivity contribution is 7.86. The average Bonchev–Trinajstić information content (AvgIpc) is 2.88. The van der Waals surface area contributed by atoms with Gasteiger partial charge in [0, 0.05) is 11.1 Å². The second kappa shape index (κ2) is 9.43. The third-order valence-corrected chi connectivity index (χ3v) is 8.00. The van der Waals surface area contributed by atoms with Gasteiger partial charge in [-0.3, -0.25) is 18.7 Å². The summed E-state index contributed by atoms with van der Waals surface area (Å²) in [5, 5.41) is 5.71. The fourth-order valence-electron chi connectivity index (χ4n) is 4.46. The lowest BCUT2D eigenvalue weighted by Gasteiger charge is -2.24. The van der Waals surface area contributed by atoms with Gasteiger partial charge in [0.05, 0.1) is 33.9 Å². The van der Waals surface area contributed by atoms with E-state index in [0.717, 1.165) is 0 Å². The van der Waals surface area contributed by atoms with E-state index in [4.69, 9.17) is 0 Å². The summed E-state index contributed by atoms with van der Waals surface area (Å²) < 4.78 is 67.4. The van der Waals surface area contributed by atoms with Crippen LogP contribution >= 0.6 is 0 Å². The lowest BCUT2D eigenvalue weighted by molar-refractivity contribution is 0.0980. The fourth-order valence-corrected chi connectivity index (χ4v) is 5.84. The fraction of sp³-hybridized carbons (Fsp3) is 0.0370. The number of benzene rings is 4. The molecule has 0 heterocycles. The first-order valence-electron chi connectivity index (χ1n) is 11.4. The molecule has 12 heteroatoms. The van der Waals surface area contributed by atoms with Crippen molar-refractivity contribution in [2.45, 2.75) is 16.7 Å². The number of ketones is 2. The Morgan fingerprint density at radius 1 is 0.564 bits per heavy atom. The highest BCUT2D eigenvalue weighted by Gasteiger charge is 2.34. The first kappa shape index (κ1) is 26.3. The molecular weight excluding hydrogens is 544 g/mol. The minimum atomic E-state index is -4.65. The second-order valence-electron chi connectivity index (χ2n) is 8.81. The number of hydrogen-bond donors (Lipinski definition) is 4. The van der Waals surface area contributed by atoms with E-state index >= 15 is 0 Å². The monoisotopic (exact) mass is 564 g/mol. The van der Waals surface area contributed by atoms with Gasteiger partial charge in [-0.05, 0) is 48.9 Å². The molecule has 4 N–H and O–H groups in total. The van der Waals surface area contributed by atoms with Crippen LogP contribution in [-0.4, -0.2) is 37.5 Å². The molecule has 0 aliphatic heterocycles. The molecule has 0 spiro atoms. The zero-order valence-corrected chi connectivity index (χ0v) is 21.8. The summed E-state index contributed by atoms with van der Waals surface area (Å²) in [4.78, 5) is 26.5. The summed E-state index contributed by atoms with van der Waals surface area (Å²) >= 11 is 0. The van der Waals surface area contributed by atoms with Crippen LogP contribution in [0.25, 0.3) is 0 Å². The van der Waals surface area contributed by atoms with Gasteiger partial charge in [-0.1, -0.05) is 42.5 Å². The van der Waals surface area contributed by atoms with E-state index in [-0.39, 0.29) is 45.0 Å². The molecule has 0 saturated carbocycles. The van der Waals surface area contributed by atoms with Gasteiger partial charge >= 0.3 is 0 Å². The van der Waals surface area contributed by atoms with Crippen LogP contribution in [0.15, 0.2) is 88.7 Å². The third-order valence-electron chi connectivity index (χ3n) is 6.19. The lowest BCUT2D eigenvalue weighted by Crippen LogP contribution is -2.23. The van der Waals surface area contributed by atoms with Gasteiger partial charge in [-0.2, -0.15) is 16.8 Å². The number of nitrogens with one attached hydrogen (secondary N) is 2. The van der Waals surface area contributed by atoms with Crippen molar-refractivity contribution in [3.05, 3.63) is 107 Å². The molecule has 5 rings (SSSR count). The van der Waals surface area contributed by atoms with Crippen LogP contribution in [0.3, 0.4) is 0 Å². The first-order chi connectivity index (χ1) is 18.4. The Bertz CT molecular complexity index is 1920. The van der Waals surface area contributed by atoms with Crippen LogP contribution in [0.5, 0.6) is 0 Å². The molecule has 4 aromatic rings. The van der Waals surface area contributed by atoms with Gasteiger partial charge in [0.25, 0.3) is 20.2 Å². The molecule has 1 aliphatic rings. The Balaban J connectivity index is 1.72. The summed E-state index contributed by atoms with van der Waals surface area (Å²) in [5.41, 5.74) is 0.756. The van der Waals surface area contributed by atoms with Crippen molar-refractivity contribution in [3.8, 4) is 0 Å². The zero-order chi connectivity index (χ0) is 28.1. The predicted octanol–water partition coefficient (Wildman–Crippen LogP) is 4.75. The number of aryl methyl sites for hydroxylation is 1. The first-order valence-corrected chi connectivity index (χ1v) is 14.3. The van der Waals surface area contributed by atoms with Gasteiger partial charge in [0.15, 0.2) is 11.6 Å². The summed E-state index contributed by atoms with van der Waals surface area (Å²) in [6.07, 6.45) is 0. The number of anilines is 4. The standard InChI is InChI=1S/C27H20N2O8S2/c1-15-10-11-19(23(14-15)39(35,36)37)29-21-13-12-20(28-18-8-4-5-9-22(18)38(32,33)34)24-25(21)27(31)17-7-3-2-6-16(17)26(24)30/h2-14,28-29H,1H3,(H,32,33,34)(H,35,36,37). The van der Waals surface area contributed by atoms with E-state index in [1.807, 2.05) is 0 Å². The number of carbonyl (C=O) groups excluding carboxylic acids is 2. The van der Waals surface area contributed by atoms with Gasteiger partial charge in [-0.15, -0.1) is 0 Å². The maximum absolute atomic E-state index is 13.7. The Hall–Kier alpha value is -4.36. The molecule has 0 aromatic heterocycles. The third kappa shape index (κ3) is 4.81. The quantitative estimate of drug-likeness (QED) is 0.211. The van der Waals surface area contributed by atoms with Crippen molar-refractivity contribution < 1.29 is 35.5 Å². The van der Waals surface area contributed by atoms with Crippen LogP contribution in [0.2, 0.25) is 0 Å². The molecule has 0 unspecified atom stereocenters. The molecule has 4 aromatic carbocycles. The highest BCUT2D eigenvalue weighted by atomic mass is 32.2. The molecule has 1 aliphatic carbocycles. The highest BCUT2D eigenvalue weighted by Crippen LogP contribution is 2.40. The molecule has 0 amide bonds. The second-order valence-corrected chi connectivity index (χ2v) is 11.6. The van der Waals surface area contributed by atoms with Crippen molar-refractivity contribution in [3.63, 3.8) is 0 Å². The van der Waals surface area contributed by atoms with E-state index in [0.29, 0.717) is 5.56 Å². The molecule has 198 valence electrons. The smallest absolute Gasteiger partial charge is 0.296 e. The van der Waals surface area contributed by atoms with Crippen LogP contribution < -0.4 is 10.6 Å². The van der Waals surface area contributed by atoms with Crippen LogP contribution in [-0.2, 0) is 20.2 Å². The zero-order valence-electron chi connectivity index (χ0n) is 20.2. The molecule has 0 bridgehead atoms. The Morgan fingerprint density at radius 2 is 1.00 bits per heavy atom. The van der Waals surface area contributed by atoms with E-state index in [9.17, 15) is 35.5 Å². The van der Waals surface area contributed by atoms with Gasteiger partial charge in [-0.25, -0.2) is 0 Å². The average molecular weight is 565 g/mol. The molecule has 0 saturated heterocycles. The molecule has 10 nitrogen and oxygen atoms in total. The van der Waals surface area contributed by atoms with Crippen molar-refractivity contribution in [2.75, 3.05) is 10.6 Å². The molecular formula is C27H20N2O8S2. The van der Waals surface area contributed by atoms with Crippen LogP contribution in [0, 0.1) is 6.92 Å². The SMILES string of the molecule is Cc1ccc(Nc2ccc(Nc3ccccc3S(=O)(=O)O)c3c2C(=O)c2ccccc2C3=O)c(S(=O)(=O)O)c1. The summed E-state index contributed by atoms with van der Waals surface area (Å²) in [6, 6.07) is 18.8. The van der Waals surface area contributed by atoms with E-state index in [1.54, 1.807) is 25.1 Å². The molecule has 0 fully saturated rings. The number of rotatable bonds is 6. The molecule has 0 atom stereocenters. The van der Waals surface area contributed by atoms with Crippen LogP contribution in [0.1, 0.15) is 37.4 Å². The lowest BCUT2D eigenvalue weighted by atomic mass is 9.82. The van der Waals surface area contributed by atoms with Gasteiger partial charge < -0.3 is 10.6 Å². The molecule has 0 radical (unpaired) electrons. The maximum atomic E-state index is 13.7. The van der Waals surface area contributed by atoms with E-state index in [2.05, 4.69) is 10.6 Å². The maximum Gasteiger partial charge on any atom is 0.296 e. The minimum absolute atomic E-state index is 0.0261. The topological polar surface area (TPSA) is 167 Å². The number of fused-ring (bicyclic) bond motifs is 2. The van der Waals surface area contributed by atoms with Crippen LogP contribution in [0.4, 0.5) is 22.7 Å². The Morgan fingerprint density at radius 3 is 1.51 bits per heavy atom. The minimum Gasteiger partial charge on any atom is -0.354 e. The largest absolute Gasteiger partial charge is 0.354 e. The number of hydrogen-bond acceptors (Lipinski definition) is 8. The number of para-hydroxylation sites is 1. The van der Waals surface area contributed by atoms with Crippen molar-refractivity contribution in [1.29, 1.82) is 0 Å². The summed E-state index contributed by atoms with van der Waals surface area (Å²) in [5.74, 6) is -1.07. The summed E-state index contributed by atoms with van der Waals surface area (Å²) in [6.45, 7) is 1.64. The van der Waals surface area contributed by atoms with Crippen molar-refractivity contribution in [2.24, 2.45) is 0 Å². The van der Waals surface area contributed by atoms with E-state index < -0.39 is 41.6 Å². The Labute approximate surface area is 223 Å². The van der Waals surface area contributed by atoms with Crippen molar-refractivity contribution >= 4 is 54.6 Å². The molecule has 39 heavy (non-hydrogen) atoms. The van der Waals surface area contributed by atoms with Gasteiger partial charge in [0.2, 0.25) is 0 Å². The van der Waals surface area contributed by atoms with E-state index in [1.165, 1.54) is 60.7 Å². The van der Waals surface area contributed by atoms with Crippen molar-refractivity contribution in [1.82, 2.24) is 0 Å². The predicted molar refractivity (Wildman–Crippen MR) is 144 cm³/mol. The summed E-state index contributed by atoms with van der Waals surface area (Å²) in [7, 11) is -9.27. The number of carbonyl (C=O) groups is 2.